The van der Waals surface area contributed by atoms with Crippen LogP contribution in [0.25, 0.3) is 0 Å². The predicted molar refractivity (Wildman–Crippen MR) is 95.9 cm³/mol. The number of rotatable bonds is 7. The van der Waals surface area contributed by atoms with Gasteiger partial charge in [0, 0.05) is 19.2 Å². The van der Waals surface area contributed by atoms with E-state index in [9.17, 15) is 9.59 Å². The fourth-order valence-electron chi connectivity index (χ4n) is 2.71. The summed E-state index contributed by atoms with van der Waals surface area (Å²) in [6.07, 6.45) is 4.64. The Labute approximate surface area is 150 Å². The highest BCUT2D eigenvalue weighted by Gasteiger charge is 2.16. The predicted octanol–water partition coefficient (Wildman–Crippen LogP) is 1.75. The van der Waals surface area contributed by atoms with Crippen LogP contribution in [0.4, 0.5) is 0 Å². The zero-order valence-electron chi connectivity index (χ0n) is 14.5. The van der Waals surface area contributed by atoms with Crippen LogP contribution in [0.2, 0.25) is 0 Å². The summed E-state index contributed by atoms with van der Waals surface area (Å²) in [6.45, 7) is 2.57. The maximum atomic E-state index is 12.3. The number of amides is 1. The SMILES string of the molecule is Cc1cc(CCc2ccccc2)oc(=O)c1C(=O)NCCn1ccnn1. The second-order valence-corrected chi connectivity index (χ2v) is 5.97. The number of hydrogen-bond donors (Lipinski definition) is 1. The molecule has 0 unspecified atom stereocenters. The second kappa shape index (κ2) is 8.24. The summed E-state index contributed by atoms with van der Waals surface area (Å²) in [7, 11) is 0. The van der Waals surface area contributed by atoms with Crippen molar-refractivity contribution in [1.29, 1.82) is 0 Å². The van der Waals surface area contributed by atoms with Gasteiger partial charge in [-0.05, 0) is 30.5 Å². The molecular weight excluding hydrogens is 332 g/mol. The molecule has 2 heterocycles. The van der Waals surface area contributed by atoms with Gasteiger partial charge < -0.3 is 9.73 Å². The van der Waals surface area contributed by atoms with Crippen LogP contribution in [-0.4, -0.2) is 27.4 Å². The van der Waals surface area contributed by atoms with E-state index in [4.69, 9.17) is 4.42 Å². The third kappa shape index (κ3) is 4.44. The molecule has 3 aromatic rings. The molecule has 1 N–H and O–H groups in total. The first-order valence-electron chi connectivity index (χ1n) is 8.43. The highest BCUT2D eigenvalue weighted by Crippen LogP contribution is 2.10. The van der Waals surface area contributed by atoms with Gasteiger partial charge in [-0.1, -0.05) is 35.5 Å². The van der Waals surface area contributed by atoms with E-state index in [-0.39, 0.29) is 5.56 Å². The molecule has 134 valence electrons. The monoisotopic (exact) mass is 352 g/mol. The van der Waals surface area contributed by atoms with E-state index in [0.717, 1.165) is 6.42 Å². The molecule has 0 radical (unpaired) electrons. The molecule has 2 aromatic heterocycles. The largest absolute Gasteiger partial charge is 0.427 e. The van der Waals surface area contributed by atoms with Crippen LogP contribution >= 0.6 is 0 Å². The Morgan fingerprint density at radius 3 is 2.73 bits per heavy atom. The molecule has 7 heteroatoms. The van der Waals surface area contributed by atoms with E-state index >= 15 is 0 Å². The summed E-state index contributed by atoms with van der Waals surface area (Å²) < 4.78 is 6.94. The van der Waals surface area contributed by atoms with Gasteiger partial charge in [-0.15, -0.1) is 5.10 Å². The summed E-state index contributed by atoms with van der Waals surface area (Å²) in [6, 6.07) is 11.7. The molecule has 0 saturated carbocycles. The molecule has 0 fully saturated rings. The van der Waals surface area contributed by atoms with Crippen molar-refractivity contribution in [3.63, 3.8) is 0 Å². The van der Waals surface area contributed by atoms with Crippen molar-refractivity contribution < 1.29 is 9.21 Å². The number of nitrogens with one attached hydrogen (secondary N) is 1. The first kappa shape index (κ1) is 17.6. The Balaban J connectivity index is 1.62. The Kier molecular flexibility index (Phi) is 5.58. The van der Waals surface area contributed by atoms with Crippen LogP contribution < -0.4 is 10.9 Å². The topological polar surface area (TPSA) is 90.0 Å². The van der Waals surface area contributed by atoms with Crippen LogP contribution in [-0.2, 0) is 19.4 Å². The summed E-state index contributed by atoms with van der Waals surface area (Å²) in [5.41, 5.74) is 1.23. The summed E-state index contributed by atoms with van der Waals surface area (Å²) in [4.78, 5) is 24.5. The number of aryl methyl sites for hydroxylation is 3. The van der Waals surface area contributed by atoms with E-state index in [1.807, 2.05) is 30.3 Å². The molecule has 0 spiro atoms. The van der Waals surface area contributed by atoms with Gasteiger partial charge in [0.25, 0.3) is 5.91 Å². The number of aromatic nitrogens is 3. The van der Waals surface area contributed by atoms with E-state index < -0.39 is 11.5 Å². The maximum Gasteiger partial charge on any atom is 0.349 e. The molecular formula is C19H20N4O3. The third-order valence-electron chi connectivity index (χ3n) is 4.03. The standard InChI is InChI=1S/C19H20N4O3/c1-14-13-16(8-7-15-5-3-2-4-6-15)26-19(25)17(14)18(24)20-9-11-23-12-10-21-22-23/h2-6,10,12-13H,7-9,11H2,1H3,(H,20,24). The lowest BCUT2D eigenvalue weighted by molar-refractivity contribution is 0.0946. The summed E-state index contributed by atoms with van der Waals surface area (Å²) in [5.74, 6) is 0.140. The number of carbonyl (C=O) groups excluding carboxylic acids is 1. The number of benzene rings is 1. The minimum atomic E-state index is -0.605. The Bertz CT molecular complexity index is 918. The van der Waals surface area contributed by atoms with Crippen molar-refractivity contribution in [3.8, 4) is 0 Å². The third-order valence-corrected chi connectivity index (χ3v) is 4.03. The van der Waals surface area contributed by atoms with Gasteiger partial charge in [0.1, 0.15) is 11.3 Å². The first-order chi connectivity index (χ1) is 12.6. The highest BCUT2D eigenvalue weighted by molar-refractivity contribution is 5.95. The maximum absolute atomic E-state index is 12.3. The van der Waals surface area contributed by atoms with Gasteiger partial charge in [0.05, 0.1) is 12.7 Å². The molecule has 1 amide bonds. The smallest absolute Gasteiger partial charge is 0.349 e. The van der Waals surface area contributed by atoms with Gasteiger partial charge in [-0.3, -0.25) is 9.48 Å². The first-order valence-corrected chi connectivity index (χ1v) is 8.43. The lowest BCUT2D eigenvalue weighted by Crippen LogP contribution is -2.32. The lowest BCUT2D eigenvalue weighted by atomic mass is 10.1. The zero-order chi connectivity index (χ0) is 18.4. The molecule has 26 heavy (non-hydrogen) atoms. The number of carbonyl (C=O) groups is 1. The van der Waals surface area contributed by atoms with Gasteiger partial charge in [0.15, 0.2) is 0 Å². The molecule has 1 aromatic carbocycles. The molecule has 3 rings (SSSR count). The average molecular weight is 352 g/mol. The Hall–Kier alpha value is -3.22. The van der Waals surface area contributed by atoms with Crippen molar-refractivity contribution in [1.82, 2.24) is 20.3 Å². The summed E-state index contributed by atoms with van der Waals surface area (Å²) >= 11 is 0. The van der Waals surface area contributed by atoms with E-state index in [1.54, 1.807) is 30.1 Å². The van der Waals surface area contributed by atoms with Gasteiger partial charge in [-0.2, -0.15) is 0 Å². The van der Waals surface area contributed by atoms with Crippen molar-refractivity contribution in [2.24, 2.45) is 0 Å². The van der Waals surface area contributed by atoms with Crippen molar-refractivity contribution in [3.05, 3.63) is 81.7 Å². The molecule has 0 saturated heterocycles. The molecule has 0 aliphatic heterocycles. The van der Waals surface area contributed by atoms with Crippen molar-refractivity contribution in [2.75, 3.05) is 6.54 Å². The Morgan fingerprint density at radius 1 is 1.23 bits per heavy atom. The fourth-order valence-corrected chi connectivity index (χ4v) is 2.71. The molecule has 0 aliphatic rings. The average Bonchev–Trinajstić information content (AvgIpc) is 3.14. The van der Waals surface area contributed by atoms with E-state index in [1.165, 1.54) is 5.56 Å². The van der Waals surface area contributed by atoms with Gasteiger partial charge in [-0.25, -0.2) is 4.79 Å². The molecule has 0 atom stereocenters. The van der Waals surface area contributed by atoms with Crippen LogP contribution in [0.1, 0.15) is 27.2 Å². The minimum Gasteiger partial charge on any atom is -0.427 e. The van der Waals surface area contributed by atoms with Crippen LogP contribution in [0, 0.1) is 6.92 Å². The highest BCUT2D eigenvalue weighted by atomic mass is 16.4. The zero-order valence-corrected chi connectivity index (χ0v) is 14.5. The molecule has 0 aliphatic carbocycles. The van der Waals surface area contributed by atoms with E-state index in [2.05, 4.69) is 15.6 Å². The number of nitrogens with zero attached hydrogens (tertiary/aromatic N) is 3. The van der Waals surface area contributed by atoms with Crippen LogP contribution in [0.3, 0.4) is 0 Å². The van der Waals surface area contributed by atoms with Gasteiger partial charge in [0.2, 0.25) is 0 Å². The lowest BCUT2D eigenvalue weighted by Gasteiger charge is -2.08. The normalized spacial score (nSPS) is 10.7. The summed E-state index contributed by atoms with van der Waals surface area (Å²) in [5, 5.41) is 10.2. The number of hydrogen-bond acceptors (Lipinski definition) is 5. The minimum absolute atomic E-state index is 0.0482. The fraction of sp³-hybridized carbons (Fsp3) is 0.263. The van der Waals surface area contributed by atoms with Gasteiger partial charge >= 0.3 is 5.63 Å². The Morgan fingerprint density at radius 2 is 2.04 bits per heavy atom. The quantitative estimate of drug-likeness (QED) is 0.700. The molecule has 0 bridgehead atoms. The molecule has 7 nitrogen and oxygen atoms in total. The van der Waals surface area contributed by atoms with Crippen molar-refractivity contribution in [2.45, 2.75) is 26.3 Å². The van der Waals surface area contributed by atoms with Crippen molar-refractivity contribution >= 4 is 5.91 Å². The van der Waals surface area contributed by atoms with Crippen LogP contribution in [0.15, 0.2) is 58.0 Å². The van der Waals surface area contributed by atoms with E-state index in [0.29, 0.717) is 30.8 Å². The second-order valence-electron chi connectivity index (χ2n) is 5.97. The van der Waals surface area contributed by atoms with Crippen LogP contribution in [0.5, 0.6) is 0 Å².